The zero-order chi connectivity index (χ0) is 27.8. The van der Waals surface area contributed by atoms with Gasteiger partial charge in [0.2, 0.25) is 5.91 Å². The SMILES string of the molecule is C#CN(C(=O)C(CC(C)C)NC(=O)OC(C)(C)C)C(C(=O)NCc1ccccc1)c1ccc(C)cc1C. The van der Waals surface area contributed by atoms with Crippen LogP contribution in [0.25, 0.3) is 0 Å². The van der Waals surface area contributed by atoms with E-state index >= 15 is 0 Å². The summed E-state index contributed by atoms with van der Waals surface area (Å²) in [7, 11) is 0. The molecule has 0 spiro atoms. The van der Waals surface area contributed by atoms with Crippen molar-refractivity contribution in [2.75, 3.05) is 0 Å². The van der Waals surface area contributed by atoms with Crippen molar-refractivity contribution in [2.45, 2.75) is 79.1 Å². The van der Waals surface area contributed by atoms with Gasteiger partial charge in [-0.3, -0.25) is 14.5 Å². The second-order valence-corrected chi connectivity index (χ2v) is 10.6. The van der Waals surface area contributed by atoms with E-state index in [1.54, 1.807) is 20.8 Å². The van der Waals surface area contributed by atoms with Crippen LogP contribution in [0, 0.1) is 32.2 Å². The fourth-order valence-electron chi connectivity index (χ4n) is 3.99. The number of nitrogens with zero attached hydrogens (tertiary/aromatic N) is 1. The highest BCUT2D eigenvalue weighted by Gasteiger charge is 2.36. The van der Waals surface area contributed by atoms with Crippen LogP contribution in [-0.2, 0) is 20.9 Å². The van der Waals surface area contributed by atoms with Crippen LogP contribution < -0.4 is 10.6 Å². The quantitative estimate of drug-likeness (QED) is 0.370. The molecule has 2 rings (SSSR count). The van der Waals surface area contributed by atoms with Crippen molar-refractivity contribution in [3.63, 3.8) is 0 Å². The maximum Gasteiger partial charge on any atom is 0.408 e. The molecule has 2 aromatic carbocycles. The number of carbonyl (C=O) groups excluding carboxylic acids is 3. The molecule has 0 bridgehead atoms. The van der Waals surface area contributed by atoms with Gasteiger partial charge in [-0.1, -0.05) is 74.4 Å². The van der Waals surface area contributed by atoms with Gasteiger partial charge in [-0.2, -0.15) is 0 Å². The first-order valence-electron chi connectivity index (χ1n) is 12.5. The van der Waals surface area contributed by atoms with Crippen molar-refractivity contribution in [1.29, 1.82) is 0 Å². The summed E-state index contributed by atoms with van der Waals surface area (Å²) in [6.07, 6.45) is 5.47. The highest BCUT2D eigenvalue weighted by molar-refractivity contribution is 5.93. The van der Waals surface area contributed by atoms with E-state index in [1.165, 1.54) is 0 Å². The van der Waals surface area contributed by atoms with E-state index in [2.05, 4.69) is 16.7 Å². The third-order valence-electron chi connectivity index (χ3n) is 5.61. The normalized spacial score (nSPS) is 12.7. The van der Waals surface area contributed by atoms with Crippen LogP contribution in [0.1, 0.15) is 69.3 Å². The van der Waals surface area contributed by atoms with E-state index < -0.39 is 35.6 Å². The molecular weight excluding hydrogens is 466 g/mol. The Kier molecular flexibility index (Phi) is 10.3. The molecule has 37 heavy (non-hydrogen) atoms. The van der Waals surface area contributed by atoms with Crippen molar-refractivity contribution >= 4 is 17.9 Å². The predicted molar refractivity (Wildman–Crippen MR) is 145 cm³/mol. The molecule has 0 aromatic heterocycles. The molecule has 0 aliphatic carbocycles. The first kappa shape index (κ1) is 29.4. The second-order valence-electron chi connectivity index (χ2n) is 10.6. The van der Waals surface area contributed by atoms with Gasteiger partial charge in [-0.05, 0) is 63.6 Å². The van der Waals surface area contributed by atoms with Crippen molar-refractivity contribution < 1.29 is 19.1 Å². The Bertz CT molecular complexity index is 1130. The number of aryl methyl sites for hydroxylation is 2. The highest BCUT2D eigenvalue weighted by Crippen LogP contribution is 2.27. The molecule has 198 valence electrons. The molecule has 7 nitrogen and oxygen atoms in total. The summed E-state index contributed by atoms with van der Waals surface area (Å²) in [6.45, 7) is 13.2. The molecule has 0 saturated heterocycles. The van der Waals surface area contributed by atoms with Crippen LogP contribution in [0.4, 0.5) is 4.79 Å². The number of terminal acetylenes is 1. The lowest BCUT2D eigenvalue weighted by Gasteiger charge is -2.31. The maximum absolute atomic E-state index is 13.8. The first-order valence-corrected chi connectivity index (χ1v) is 12.5. The van der Waals surface area contributed by atoms with Crippen LogP contribution in [-0.4, -0.2) is 34.5 Å². The number of amides is 3. The fourth-order valence-corrected chi connectivity index (χ4v) is 3.99. The van der Waals surface area contributed by atoms with Gasteiger partial charge in [0.15, 0.2) is 0 Å². The highest BCUT2D eigenvalue weighted by atomic mass is 16.6. The van der Waals surface area contributed by atoms with Crippen LogP contribution in [0.3, 0.4) is 0 Å². The van der Waals surface area contributed by atoms with Crippen molar-refractivity contribution in [3.8, 4) is 12.5 Å². The number of rotatable bonds is 9. The third-order valence-corrected chi connectivity index (χ3v) is 5.61. The molecule has 3 amide bonds. The molecule has 0 fully saturated rings. The average Bonchev–Trinajstić information content (AvgIpc) is 2.80. The summed E-state index contributed by atoms with van der Waals surface area (Å²) >= 11 is 0. The van der Waals surface area contributed by atoms with E-state index in [1.807, 2.05) is 76.2 Å². The lowest BCUT2D eigenvalue weighted by molar-refractivity contribution is -0.139. The summed E-state index contributed by atoms with van der Waals surface area (Å²) in [5.41, 5.74) is 2.64. The van der Waals surface area contributed by atoms with E-state index in [-0.39, 0.29) is 12.5 Å². The minimum Gasteiger partial charge on any atom is -0.444 e. The Hall–Kier alpha value is -3.79. The first-order chi connectivity index (χ1) is 17.3. The fraction of sp³-hybridized carbons (Fsp3) is 0.433. The molecule has 0 aliphatic heterocycles. The minimum atomic E-state index is -1.09. The Morgan fingerprint density at radius 2 is 1.70 bits per heavy atom. The average molecular weight is 506 g/mol. The van der Waals surface area contributed by atoms with Crippen LogP contribution in [0.15, 0.2) is 48.5 Å². The molecule has 0 heterocycles. The lowest BCUT2D eigenvalue weighted by atomic mass is 9.95. The van der Waals surface area contributed by atoms with Crippen LogP contribution >= 0.6 is 0 Å². The number of hydrogen-bond donors (Lipinski definition) is 2. The molecule has 0 radical (unpaired) electrons. The Morgan fingerprint density at radius 3 is 2.24 bits per heavy atom. The topological polar surface area (TPSA) is 87.7 Å². The van der Waals surface area contributed by atoms with E-state index in [9.17, 15) is 14.4 Å². The summed E-state index contributed by atoms with van der Waals surface area (Å²) in [6, 6.07) is 15.5. The molecule has 7 heteroatoms. The smallest absolute Gasteiger partial charge is 0.408 e. The van der Waals surface area contributed by atoms with Crippen molar-refractivity contribution in [3.05, 3.63) is 70.8 Å². The largest absolute Gasteiger partial charge is 0.444 e. The summed E-state index contributed by atoms with van der Waals surface area (Å²) in [4.78, 5) is 41.1. The molecule has 2 N–H and O–H groups in total. The standard InChI is InChI=1S/C30H39N3O4/c1-9-33(28(35)25(17-20(2)3)32-29(36)37-30(6,7)8)26(24-16-15-21(4)18-22(24)5)27(34)31-19-23-13-11-10-12-14-23/h1,10-16,18,20,25-26H,17,19H2,2-8H3,(H,31,34)(H,32,36). The van der Waals surface area contributed by atoms with Gasteiger partial charge in [0.05, 0.1) is 0 Å². The van der Waals surface area contributed by atoms with Gasteiger partial charge >= 0.3 is 6.09 Å². The molecule has 0 saturated carbocycles. The molecule has 2 unspecified atom stereocenters. The maximum atomic E-state index is 13.8. The van der Waals surface area contributed by atoms with Gasteiger partial charge in [0, 0.05) is 12.6 Å². The summed E-state index contributed by atoms with van der Waals surface area (Å²) < 4.78 is 5.37. The van der Waals surface area contributed by atoms with Gasteiger partial charge in [0.1, 0.15) is 17.7 Å². The van der Waals surface area contributed by atoms with E-state index in [0.29, 0.717) is 12.0 Å². The van der Waals surface area contributed by atoms with E-state index in [0.717, 1.165) is 21.6 Å². The Balaban J connectivity index is 2.43. The molecule has 2 aromatic rings. The zero-order valence-electron chi connectivity index (χ0n) is 22.9. The summed E-state index contributed by atoms with van der Waals surface area (Å²) in [5, 5.41) is 5.59. The van der Waals surface area contributed by atoms with Crippen LogP contribution in [0.2, 0.25) is 0 Å². The number of carbonyl (C=O) groups is 3. The lowest BCUT2D eigenvalue weighted by Crippen LogP contribution is -2.52. The minimum absolute atomic E-state index is 0.0648. The van der Waals surface area contributed by atoms with Crippen molar-refractivity contribution in [2.24, 2.45) is 5.92 Å². The number of benzene rings is 2. The molecule has 0 aliphatic rings. The van der Waals surface area contributed by atoms with Crippen LogP contribution in [0.5, 0.6) is 0 Å². The number of nitrogens with one attached hydrogen (secondary N) is 2. The zero-order valence-corrected chi connectivity index (χ0v) is 22.9. The number of hydrogen-bond acceptors (Lipinski definition) is 4. The summed E-state index contributed by atoms with van der Waals surface area (Å²) in [5.74, 6) is -0.903. The van der Waals surface area contributed by atoms with Gasteiger partial charge in [-0.25, -0.2) is 4.79 Å². The van der Waals surface area contributed by atoms with Gasteiger partial charge in [0.25, 0.3) is 5.91 Å². The molecule has 2 atom stereocenters. The number of ether oxygens (including phenoxy) is 1. The van der Waals surface area contributed by atoms with Gasteiger partial charge < -0.3 is 15.4 Å². The third kappa shape index (κ3) is 8.98. The van der Waals surface area contributed by atoms with Crippen molar-refractivity contribution in [1.82, 2.24) is 15.5 Å². The second kappa shape index (κ2) is 13.0. The Labute approximate surface area is 221 Å². The molecular formula is C30H39N3O4. The monoisotopic (exact) mass is 505 g/mol. The van der Waals surface area contributed by atoms with E-state index in [4.69, 9.17) is 11.2 Å². The number of alkyl carbamates (subject to hydrolysis) is 1. The Morgan fingerprint density at radius 1 is 1.05 bits per heavy atom. The van der Waals surface area contributed by atoms with Gasteiger partial charge in [-0.15, -0.1) is 0 Å². The predicted octanol–water partition coefficient (Wildman–Crippen LogP) is 5.02.